The second-order valence-electron chi connectivity index (χ2n) is 6.97. The Morgan fingerprint density at radius 1 is 1.20 bits per heavy atom. The first kappa shape index (κ1) is 18.0. The minimum atomic E-state index is -4.38. The number of halogens is 3. The molecule has 1 saturated carbocycles. The third-order valence-corrected chi connectivity index (χ3v) is 5.19. The maximum atomic E-state index is 12.7. The van der Waals surface area contributed by atoms with Gasteiger partial charge in [0.25, 0.3) is 0 Å². The second kappa shape index (κ2) is 7.60. The minimum Gasteiger partial charge on any atom is -0.337 e. The standard InChI is InChI=1S/C19H23F3N2O/c20-19(21,22)16-7-3-4-13(10-16)8-9-18(25)24-17-11-14-5-1-2-6-15(14)12-23-17/h3-4,7-10,14-15,17,23H,1-2,5-6,11-12H2,(H,24,25). The number of hydrogen-bond donors (Lipinski definition) is 2. The van der Waals surface area contributed by atoms with E-state index in [-0.39, 0.29) is 12.1 Å². The van der Waals surface area contributed by atoms with Crippen molar-refractivity contribution in [2.75, 3.05) is 6.54 Å². The molecule has 1 aliphatic heterocycles. The van der Waals surface area contributed by atoms with Gasteiger partial charge in [0.15, 0.2) is 0 Å². The van der Waals surface area contributed by atoms with Gasteiger partial charge in [-0.05, 0) is 48.4 Å². The fraction of sp³-hybridized carbons (Fsp3) is 0.526. The fourth-order valence-electron chi connectivity index (χ4n) is 3.86. The topological polar surface area (TPSA) is 41.1 Å². The summed E-state index contributed by atoms with van der Waals surface area (Å²) in [5.41, 5.74) is -0.360. The zero-order chi connectivity index (χ0) is 17.9. The highest BCUT2D eigenvalue weighted by atomic mass is 19.4. The van der Waals surface area contributed by atoms with Crippen LogP contribution in [0.4, 0.5) is 13.2 Å². The van der Waals surface area contributed by atoms with Crippen LogP contribution in [0.5, 0.6) is 0 Å². The number of rotatable bonds is 3. The number of hydrogen-bond acceptors (Lipinski definition) is 2. The van der Waals surface area contributed by atoms with Crippen molar-refractivity contribution in [2.24, 2.45) is 11.8 Å². The highest BCUT2D eigenvalue weighted by Crippen LogP contribution is 2.35. The summed E-state index contributed by atoms with van der Waals surface area (Å²) in [5, 5.41) is 6.27. The zero-order valence-electron chi connectivity index (χ0n) is 14.0. The average molecular weight is 352 g/mol. The molecule has 0 spiro atoms. The largest absolute Gasteiger partial charge is 0.416 e. The van der Waals surface area contributed by atoms with Gasteiger partial charge in [0, 0.05) is 12.6 Å². The minimum absolute atomic E-state index is 0.0574. The molecule has 1 aromatic rings. The van der Waals surface area contributed by atoms with Gasteiger partial charge < -0.3 is 5.32 Å². The van der Waals surface area contributed by atoms with Crippen molar-refractivity contribution in [1.82, 2.24) is 10.6 Å². The number of carbonyl (C=O) groups is 1. The van der Waals surface area contributed by atoms with Gasteiger partial charge in [0.2, 0.25) is 5.91 Å². The van der Waals surface area contributed by atoms with Crippen molar-refractivity contribution in [1.29, 1.82) is 0 Å². The molecule has 0 radical (unpaired) electrons. The lowest BCUT2D eigenvalue weighted by atomic mass is 9.75. The Morgan fingerprint density at radius 2 is 1.96 bits per heavy atom. The highest BCUT2D eigenvalue weighted by molar-refractivity contribution is 5.91. The number of benzene rings is 1. The summed E-state index contributed by atoms with van der Waals surface area (Å²) in [6, 6.07) is 4.94. The zero-order valence-corrected chi connectivity index (χ0v) is 14.0. The number of alkyl halides is 3. The highest BCUT2D eigenvalue weighted by Gasteiger charge is 2.32. The van der Waals surface area contributed by atoms with E-state index in [1.165, 1.54) is 43.9 Å². The Labute approximate surface area is 145 Å². The molecule has 2 aliphatic rings. The van der Waals surface area contributed by atoms with Crippen molar-refractivity contribution in [2.45, 2.75) is 44.4 Å². The van der Waals surface area contributed by atoms with E-state index in [9.17, 15) is 18.0 Å². The normalized spacial score (nSPS) is 27.1. The molecule has 1 heterocycles. The summed E-state index contributed by atoms with van der Waals surface area (Å²) in [6.07, 6.45) is 4.23. The number of carbonyl (C=O) groups excluding carboxylic acids is 1. The summed E-state index contributed by atoms with van der Waals surface area (Å²) >= 11 is 0. The van der Waals surface area contributed by atoms with Crippen LogP contribution in [0, 0.1) is 11.8 Å². The van der Waals surface area contributed by atoms with E-state index in [1.807, 2.05) is 0 Å². The molecule has 136 valence electrons. The average Bonchev–Trinajstić information content (AvgIpc) is 2.59. The predicted octanol–water partition coefficient (Wildman–Crippen LogP) is 3.96. The molecule has 1 aliphatic carbocycles. The second-order valence-corrected chi connectivity index (χ2v) is 6.97. The van der Waals surface area contributed by atoms with E-state index in [0.717, 1.165) is 25.1 Å². The Bertz CT molecular complexity index is 642. The van der Waals surface area contributed by atoms with Crippen molar-refractivity contribution in [3.05, 3.63) is 41.5 Å². The first-order chi connectivity index (χ1) is 11.9. The van der Waals surface area contributed by atoms with Crippen molar-refractivity contribution in [3.63, 3.8) is 0 Å². The number of fused-ring (bicyclic) bond motifs is 1. The quantitative estimate of drug-likeness (QED) is 0.809. The molecule has 1 saturated heterocycles. The van der Waals surface area contributed by atoms with Gasteiger partial charge >= 0.3 is 6.18 Å². The summed E-state index contributed by atoms with van der Waals surface area (Å²) in [6.45, 7) is 0.924. The number of amides is 1. The van der Waals surface area contributed by atoms with Gasteiger partial charge in [-0.1, -0.05) is 31.4 Å². The van der Waals surface area contributed by atoms with Gasteiger partial charge in [0.1, 0.15) is 0 Å². The number of piperidine rings is 1. The van der Waals surface area contributed by atoms with Crippen LogP contribution in [0.1, 0.15) is 43.2 Å². The third-order valence-electron chi connectivity index (χ3n) is 5.19. The molecule has 1 aromatic carbocycles. The summed E-state index contributed by atoms with van der Waals surface area (Å²) in [4.78, 5) is 12.1. The van der Waals surface area contributed by atoms with Crippen molar-refractivity contribution >= 4 is 12.0 Å². The van der Waals surface area contributed by atoms with Gasteiger partial charge in [-0.15, -0.1) is 0 Å². The van der Waals surface area contributed by atoms with Crippen LogP contribution in [-0.2, 0) is 11.0 Å². The molecule has 2 N–H and O–H groups in total. The van der Waals surface area contributed by atoms with Crippen LogP contribution in [0.2, 0.25) is 0 Å². The first-order valence-corrected chi connectivity index (χ1v) is 8.81. The fourth-order valence-corrected chi connectivity index (χ4v) is 3.86. The van der Waals surface area contributed by atoms with E-state index in [0.29, 0.717) is 17.4 Å². The van der Waals surface area contributed by atoms with E-state index in [4.69, 9.17) is 0 Å². The van der Waals surface area contributed by atoms with E-state index >= 15 is 0 Å². The molecule has 25 heavy (non-hydrogen) atoms. The molecular formula is C19H23F3N2O. The van der Waals surface area contributed by atoms with E-state index in [1.54, 1.807) is 6.07 Å². The molecule has 6 heteroatoms. The Hall–Kier alpha value is -1.82. The molecule has 0 aromatic heterocycles. The smallest absolute Gasteiger partial charge is 0.337 e. The molecule has 2 fully saturated rings. The Kier molecular flexibility index (Phi) is 5.47. The lowest BCUT2D eigenvalue weighted by molar-refractivity contribution is -0.137. The lowest BCUT2D eigenvalue weighted by Crippen LogP contribution is -2.53. The maximum absolute atomic E-state index is 12.7. The molecule has 1 amide bonds. The van der Waals surface area contributed by atoms with E-state index < -0.39 is 11.7 Å². The summed E-state index contributed by atoms with van der Waals surface area (Å²) < 4.78 is 38.1. The predicted molar refractivity (Wildman–Crippen MR) is 90.5 cm³/mol. The molecule has 0 bridgehead atoms. The SMILES string of the molecule is O=C(C=Cc1cccc(C(F)(F)F)c1)NC1CC2CCCCC2CN1. The van der Waals surface area contributed by atoms with Gasteiger partial charge in [-0.25, -0.2) is 0 Å². The third kappa shape index (κ3) is 4.84. The Morgan fingerprint density at radius 3 is 2.72 bits per heavy atom. The van der Waals surface area contributed by atoms with Crippen molar-refractivity contribution < 1.29 is 18.0 Å². The molecule has 3 atom stereocenters. The van der Waals surface area contributed by atoms with Gasteiger partial charge in [0.05, 0.1) is 11.7 Å². The molecule has 3 nitrogen and oxygen atoms in total. The lowest BCUT2D eigenvalue weighted by Gasteiger charge is -2.40. The molecular weight excluding hydrogens is 329 g/mol. The van der Waals surface area contributed by atoms with Gasteiger partial charge in [-0.3, -0.25) is 10.1 Å². The Balaban J connectivity index is 1.55. The van der Waals surface area contributed by atoms with Crippen LogP contribution in [0.3, 0.4) is 0 Å². The van der Waals surface area contributed by atoms with E-state index in [2.05, 4.69) is 10.6 Å². The first-order valence-electron chi connectivity index (χ1n) is 8.81. The van der Waals surface area contributed by atoms with Crippen LogP contribution < -0.4 is 10.6 Å². The summed E-state index contributed by atoms with van der Waals surface area (Å²) in [7, 11) is 0. The van der Waals surface area contributed by atoms with Gasteiger partial charge in [-0.2, -0.15) is 13.2 Å². The molecule has 3 rings (SSSR count). The van der Waals surface area contributed by atoms with Crippen LogP contribution in [0.25, 0.3) is 6.08 Å². The molecule has 3 unspecified atom stereocenters. The maximum Gasteiger partial charge on any atom is 0.416 e. The van der Waals surface area contributed by atoms with Crippen LogP contribution in [0.15, 0.2) is 30.3 Å². The monoisotopic (exact) mass is 352 g/mol. The van der Waals surface area contributed by atoms with Crippen LogP contribution >= 0.6 is 0 Å². The van der Waals surface area contributed by atoms with Crippen LogP contribution in [-0.4, -0.2) is 18.6 Å². The summed E-state index contributed by atoms with van der Waals surface area (Å²) in [5.74, 6) is 1.08. The van der Waals surface area contributed by atoms with Crippen molar-refractivity contribution in [3.8, 4) is 0 Å². The number of nitrogens with one attached hydrogen (secondary N) is 2.